The van der Waals surface area contributed by atoms with Gasteiger partial charge < -0.3 is 5.73 Å². The van der Waals surface area contributed by atoms with Gasteiger partial charge in [0, 0.05) is 11.3 Å². The molecular formula is C14H17N5. The molecule has 0 radical (unpaired) electrons. The number of nitrogens with two attached hydrogens (primary N) is 1. The maximum Gasteiger partial charge on any atom is 0.182 e. The number of benzene rings is 1. The van der Waals surface area contributed by atoms with E-state index >= 15 is 0 Å². The van der Waals surface area contributed by atoms with Gasteiger partial charge in [-0.05, 0) is 59.6 Å². The zero-order chi connectivity index (χ0) is 12.9. The molecule has 2 aliphatic carbocycles. The van der Waals surface area contributed by atoms with E-state index in [1.165, 1.54) is 25.7 Å². The Morgan fingerprint density at radius 2 is 2.16 bits per heavy atom. The Bertz CT molecular complexity index is 610. The van der Waals surface area contributed by atoms with Gasteiger partial charge in [0.1, 0.15) is 0 Å². The van der Waals surface area contributed by atoms with Gasteiger partial charge in [-0.3, -0.25) is 0 Å². The first-order valence-electron chi connectivity index (χ1n) is 6.89. The van der Waals surface area contributed by atoms with E-state index in [2.05, 4.69) is 15.5 Å². The summed E-state index contributed by atoms with van der Waals surface area (Å²) < 4.78 is 1.96. The normalized spacial score (nSPS) is 20.4. The van der Waals surface area contributed by atoms with Crippen molar-refractivity contribution in [3.05, 3.63) is 24.3 Å². The fourth-order valence-electron chi connectivity index (χ4n) is 3.05. The quantitative estimate of drug-likeness (QED) is 0.849. The lowest BCUT2D eigenvalue weighted by Gasteiger charge is -2.14. The van der Waals surface area contributed by atoms with Gasteiger partial charge in [0.2, 0.25) is 0 Å². The van der Waals surface area contributed by atoms with Gasteiger partial charge in [-0.2, -0.15) is 0 Å². The van der Waals surface area contributed by atoms with Crippen molar-refractivity contribution in [1.82, 2.24) is 20.2 Å². The lowest BCUT2D eigenvalue weighted by molar-refractivity contribution is 0.348. The van der Waals surface area contributed by atoms with Gasteiger partial charge >= 0.3 is 0 Å². The first kappa shape index (κ1) is 11.0. The van der Waals surface area contributed by atoms with E-state index < -0.39 is 0 Å². The molecule has 0 unspecified atom stereocenters. The van der Waals surface area contributed by atoms with Gasteiger partial charge in [0.05, 0.1) is 6.54 Å². The molecule has 0 saturated heterocycles. The number of rotatable bonds is 4. The predicted octanol–water partition coefficient (Wildman–Crippen LogP) is 2.11. The van der Waals surface area contributed by atoms with Gasteiger partial charge in [0.15, 0.2) is 5.82 Å². The molecule has 2 N–H and O–H groups in total. The highest BCUT2D eigenvalue weighted by Crippen LogP contribution is 2.62. The van der Waals surface area contributed by atoms with Crippen LogP contribution >= 0.6 is 0 Å². The number of tetrazole rings is 1. The Labute approximate surface area is 111 Å². The molecule has 19 heavy (non-hydrogen) atoms. The van der Waals surface area contributed by atoms with Crippen LogP contribution in [0.5, 0.6) is 0 Å². The molecule has 0 aliphatic heterocycles. The largest absolute Gasteiger partial charge is 0.399 e. The van der Waals surface area contributed by atoms with Crippen LogP contribution in [0.2, 0.25) is 0 Å². The maximum atomic E-state index is 5.83. The minimum atomic E-state index is 0.491. The summed E-state index contributed by atoms with van der Waals surface area (Å²) in [5.41, 5.74) is 8.07. The summed E-state index contributed by atoms with van der Waals surface area (Å²) in [5, 5.41) is 12.2. The van der Waals surface area contributed by atoms with Crippen molar-refractivity contribution in [2.45, 2.75) is 32.2 Å². The highest BCUT2D eigenvalue weighted by molar-refractivity contribution is 5.60. The summed E-state index contributed by atoms with van der Waals surface area (Å²) in [4.78, 5) is 0. The zero-order valence-electron chi connectivity index (χ0n) is 10.8. The lowest BCUT2D eigenvalue weighted by atomic mass is 10.0. The number of hydrogen-bond acceptors (Lipinski definition) is 4. The minimum absolute atomic E-state index is 0.491. The molecular weight excluding hydrogens is 238 g/mol. The molecule has 0 atom stereocenters. The highest BCUT2D eigenvalue weighted by atomic mass is 15.5. The van der Waals surface area contributed by atoms with Crippen molar-refractivity contribution in [1.29, 1.82) is 0 Å². The molecule has 1 aromatic carbocycles. The second kappa shape index (κ2) is 3.79. The van der Waals surface area contributed by atoms with E-state index in [1.807, 2.05) is 28.9 Å². The van der Waals surface area contributed by atoms with Crippen molar-refractivity contribution in [3.8, 4) is 11.4 Å². The Morgan fingerprint density at radius 3 is 2.84 bits per heavy atom. The molecule has 0 amide bonds. The molecule has 2 saturated carbocycles. The van der Waals surface area contributed by atoms with Crippen molar-refractivity contribution >= 4 is 5.69 Å². The molecule has 2 aliphatic rings. The van der Waals surface area contributed by atoms with E-state index in [-0.39, 0.29) is 0 Å². The number of nitrogen functional groups attached to an aromatic ring is 1. The van der Waals surface area contributed by atoms with Crippen LogP contribution in [0.4, 0.5) is 5.69 Å². The Balaban J connectivity index is 1.65. The summed E-state index contributed by atoms with van der Waals surface area (Å²) in [5.74, 6) is 1.74. The summed E-state index contributed by atoms with van der Waals surface area (Å²) in [6, 6.07) is 7.76. The predicted molar refractivity (Wildman–Crippen MR) is 72.1 cm³/mol. The van der Waals surface area contributed by atoms with Gasteiger partial charge in [0.25, 0.3) is 0 Å². The third-order valence-electron chi connectivity index (χ3n) is 4.48. The minimum Gasteiger partial charge on any atom is -0.399 e. The van der Waals surface area contributed by atoms with Gasteiger partial charge in [-0.1, -0.05) is 12.1 Å². The van der Waals surface area contributed by atoms with Crippen LogP contribution in [0.15, 0.2) is 24.3 Å². The lowest BCUT2D eigenvalue weighted by Crippen LogP contribution is -2.16. The second-order valence-electron chi connectivity index (χ2n) is 5.92. The van der Waals surface area contributed by atoms with E-state index in [4.69, 9.17) is 5.73 Å². The molecule has 98 valence electrons. The molecule has 5 heteroatoms. The van der Waals surface area contributed by atoms with E-state index in [0.717, 1.165) is 29.5 Å². The van der Waals surface area contributed by atoms with Crippen LogP contribution in [0.25, 0.3) is 11.4 Å². The van der Waals surface area contributed by atoms with Crippen LogP contribution in [0, 0.1) is 11.3 Å². The third kappa shape index (κ3) is 1.89. The summed E-state index contributed by atoms with van der Waals surface area (Å²) >= 11 is 0. The molecule has 1 aromatic heterocycles. The molecule has 0 spiro atoms. The first-order chi connectivity index (χ1) is 9.27. The van der Waals surface area contributed by atoms with E-state index in [0.29, 0.717) is 5.41 Å². The first-order valence-corrected chi connectivity index (χ1v) is 6.89. The van der Waals surface area contributed by atoms with Crippen molar-refractivity contribution in [2.75, 3.05) is 5.73 Å². The van der Waals surface area contributed by atoms with Gasteiger partial charge in [-0.25, -0.2) is 4.68 Å². The van der Waals surface area contributed by atoms with Crippen LogP contribution in [-0.4, -0.2) is 20.2 Å². The average molecular weight is 255 g/mol. The molecule has 2 fully saturated rings. The molecule has 0 bridgehead atoms. The zero-order valence-corrected chi connectivity index (χ0v) is 10.8. The molecule has 5 nitrogen and oxygen atoms in total. The van der Waals surface area contributed by atoms with Crippen molar-refractivity contribution in [2.24, 2.45) is 11.3 Å². The third-order valence-corrected chi connectivity index (χ3v) is 4.48. The molecule has 4 rings (SSSR count). The fraction of sp³-hybridized carbons (Fsp3) is 0.500. The standard InChI is InChI=1S/C14H17N5/c15-12-3-1-2-10(8-12)13-16-17-18-19(13)9-14(6-7-14)11-4-5-11/h1-3,8,11H,4-7,9,15H2. The Morgan fingerprint density at radius 1 is 1.32 bits per heavy atom. The Kier molecular flexibility index (Phi) is 2.19. The van der Waals surface area contributed by atoms with Crippen molar-refractivity contribution < 1.29 is 0 Å². The van der Waals surface area contributed by atoms with Gasteiger partial charge in [-0.15, -0.1) is 5.10 Å². The van der Waals surface area contributed by atoms with E-state index in [1.54, 1.807) is 0 Å². The molecule has 2 aromatic rings. The average Bonchev–Trinajstić information content (AvgIpc) is 3.28. The van der Waals surface area contributed by atoms with E-state index in [9.17, 15) is 0 Å². The Hall–Kier alpha value is -1.91. The fourth-order valence-corrected chi connectivity index (χ4v) is 3.05. The topological polar surface area (TPSA) is 69.6 Å². The molecule has 1 heterocycles. The monoisotopic (exact) mass is 255 g/mol. The number of aromatic nitrogens is 4. The van der Waals surface area contributed by atoms with Crippen molar-refractivity contribution in [3.63, 3.8) is 0 Å². The maximum absolute atomic E-state index is 5.83. The summed E-state index contributed by atoms with van der Waals surface area (Å²) in [6.07, 6.45) is 5.42. The number of anilines is 1. The van der Waals surface area contributed by atoms with Crippen LogP contribution < -0.4 is 5.73 Å². The second-order valence-corrected chi connectivity index (χ2v) is 5.92. The van der Waals surface area contributed by atoms with Crippen LogP contribution in [0.1, 0.15) is 25.7 Å². The smallest absolute Gasteiger partial charge is 0.182 e. The van der Waals surface area contributed by atoms with Crippen LogP contribution in [-0.2, 0) is 6.54 Å². The summed E-state index contributed by atoms with van der Waals surface area (Å²) in [6.45, 7) is 0.953. The number of nitrogens with zero attached hydrogens (tertiary/aromatic N) is 4. The van der Waals surface area contributed by atoms with Crippen LogP contribution in [0.3, 0.4) is 0 Å². The SMILES string of the molecule is Nc1cccc(-c2nnnn2CC2(C3CC3)CC2)c1. The highest BCUT2D eigenvalue weighted by Gasteiger charge is 2.54. The number of hydrogen-bond donors (Lipinski definition) is 1. The summed E-state index contributed by atoms with van der Waals surface area (Å²) in [7, 11) is 0.